The van der Waals surface area contributed by atoms with Gasteiger partial charge in [-0.05, 0) is 30.4 Å². The molecule has 28 heavy (non-hydrogen) atoms. The third kappa shape index (κ3) is 5.23. The van der Waals surface area contributed by atoms with Gasteiger partial charge in [0.1, 0.15) is 0 Å². The molecule has 3 N–H and O–H groups in total. The molecular weight excluding hydrogens is 414 g/mol. The van der Waals surface area contributed by atoms with E-state index < -0.39 is 32.1 Å². The summed E-state index contributed by atoms with van der Waals surface area (Å²) in [5, 5.41) is 9.45. The predicted octanol–water partition coefficient (Wildman–Crippen LogP) is 0.620. The van der Waals surface area contributed by atoms with Crippen molar-refractivity contribution in [3.8, 4) is 0 Å². The van der Waals surface area contributed by atoms with Crippen molar-refractivity contribution in [1.29, 1.82) is 0 Å². The first-order valence-corrected chi connectivity index (χ1v) is 11.3. The number of nitrogens with zero attached hydrogens (tertiary/aromatic N) is 1. The standard InChI is InChI=1S/C9H9NO3.C6H6O3S.CH4O3S/c11-8-6-4-1-2-5(3-4)7(6)9(12)10(8)13;7-10(8,9)6-4-2-1-3-5-6;1-5(2,3)4/h1-2,4-7,13H,3H2;1-5H,(H,7,8,9);1H3,(H,2,3,4). The molecular formula is C16H19NO9S2. The lowest BCUT2D eigenvalue weighted by Gasteiger charge is -2.13. The second-order valence-electron chi connectivity index (χ2n) is 6.51. The number of imide groups is 1. The Balaban J connectivity index is 0.000000167. The van der Waals surface area contributed by atoms with Crippen LogP contribution in [0.5, 0.6) is 0 Å². The normalized spacial score (nSPS) is 27.6. The molecule has 0 spiro atoms. The third-order valence-corrected chi connectivity index (χ3v) is 5.36. The van der Waals surface area contributed by atoms with Crippen molar-refractivity contribution in [1.82, 2.24) is 5.06 Å². The van der Waals surface area contributed by atoms with Crippen molar-refractivity contribution < 1.29 is 40.7 Å². The summed E-state index contributed by atoms with van der Waals surface area (Å²) in [5.41, 5.74) is 0. The lowest BCUT2D eigenvalue weighted by Crippen LogP contribution is -2.29. The van der Waals surface area contributed by atoms with Gasteiger partial charge in [0.05, 0.1) is 23.0 Å². The fourth-order valence-corrected chi connectivity index (χ4v) is 3.98. The highest BCUT2D eigenvalue weighted by molar-refractivity contribution is 7.85. The molecule has 12 heteroatoms. The second kappa shape index (κ2) is 8.09. The van der Waals surface area contributed by atoms with Gasteiger partial charge in [0.25, 0.3) is 32.1 Å². The van der Waals surface area contributed by atoms with Crippen LogP contribution in [0.15, 0.2) is 47.4 Å². The van der Waals surface area contributed by atoms with Crippen molar-refractivity contribution in [2.75, 3.05) is 6.26 Å². The first-order valence-electron chi connectivity index (χ1n) is 8.00. The number of carbonyl (C=O) groups excluding carboxylic acids is 2. The summed E-state index contributed by atoms with van der Waals surface area (Å²) in [6.45, 7) is 0. The Hall–Kier alpha value is -2.12. The maximum absolute atomic E-state index is 11.4. The van der Waals surface area contributed by atoms with E-state index in [4.69, 9.17) is 14.3 Å². The maximum Gasteiger partial charge on any atom is 0.294 e. The Morgan fingerprint density at radius 2 is 1.29 bits per heavy atom. The van der Waals surface area contributed by atoms with E-state index >= 15 is 0 Å². The molecule has 2 bridgehead atoms. The SMILES string of the molecule is CS(=O)(=O)O.O=C1C2C3C=CC(C3)C2C(=O)N1O.O=S(=O)(O)c1ccccc1. The van der Waals surface area contributed by atoms with E-state index in [0.29, 0.717) is 11.3 Å². The minimum absolute atomic E-state index is 0.0741. The number of amides is 2. The predicted molar refractivity (Wildman–Crippen MR) is 95.1 cm³/mol. The van der Waals surface area contributed by atoms with Crippen LogP contribution < -0.4 is 0 Å². The quantitative estimate of drug-likeness (QED) is 0.249. The fraction of sp³-hybridized carbons (Fsp3) is 0.375. The van der Waals surface area contributed by atoms with Gasteiger partial charge < -0.3 is 0 Å². The van der Waals surface area contributed by atoms with E-state index in [1.165, 1.54) is 12.1 Å². The monoisotopic (exact) mass is 433 g/mol. The molecule has 1 saturated heterocycles. The van der Waals surface area contributed by atoms with Gasteiger partial charge in [-0.3, -0.25) is 23.9 Å². The minimum Gasteiger partial charge on any atom is -0.286 e. The summed E-state index contributed by atoms with van der Waals surface area (Å²) < 4.78 is 55.1. The lowest BCUT2D eigenvalue weighted by atomic mass is 9.85. The van der Waals surface area contributed by atoms with Gasteiger partial charge in [-0.15, -0.1) is 0 Å². The molecule has 10 nitrogen and oxygen atoms in total. The zero-order valence-corrected chi connectivity index (χ0v) is 16.2. The number of allylic oxidation sites excluding steroid dienone is 2. The van der Waals surface area contributed by atoms with Crippen molar-refractivity contribution in [2.24, 2.45) is 23.7 Å². The van der Waals surface area contributed by atoms with Crippen LogP contribution in [0.25, 0.3) is 0 Å². The van der Waals surface area contributed by atoms with E-state index in [2.05, 4.69) is 0 Å². The molecule has 1 aromatic carbocycles. The van der Waals surface area contributed by atoms with E-state index in [9.17, 15) is 26.4 Å². The van der Waals surface area contributed by atoms with Gasteiger partial charge in [-0.1, -0.05) is 30.4 Å². The number of rotatable bonds is 1. The average Bonchev–Trinajstić information content (AvgIpc) is 3.25. The summed E-state index contributed by atoms with van der Waals surface area (Å²) in [6, 6.07) is 7.42. The van der Waals surface area contributed by atoms with E-state index in [-0.39, 0.29) is 28.6 Å². The molecule has 2 aliphatic carbocycles. The Bertz CT molecular complexity index is 948. The molecule has 1 aromatic rings. The third-order valence-electron chi connectivity index (χ3n) is 4.49. The van der Waals surface area contributed by atoms with Crippen LogP contribution >= 0.6 is 0 Å². The fourth-order valence-electron chi connectivity index (χ4n) is 3.48. The molecule has 2 amide bonds. The van der Waals surface area contributed by atoms with Gasteiger partial charge in [0, 0.05) is 0 Å². The van der Waals surface area contributed by atoms with Crippen LogP contribution in [0.3, 0.4) is 0 Å². The van der Waals surface area contributed by atoms with E-state index in [0.717, 1.165) is 6.42 Å². The highest BCUT2D eigenvalue weighted by Gasteiger charge is 2.59. The molecule has 1 heterocycles. The first kappa shape index (κ1) is 22.2. The Morgan fingerprint density at radius 3 is 1.61 bits per heavy atom. The van der Waals surface area contributed by atoms with Crippen LogP contribution in [0.1, 0.15) is 6.42 Å². The summed E-state index contributed by atoms with van der Waals surface area (Å²) in [7, 11) is -7.67. The highest BCUT2D eigenvalue weighted by atomic mass is 32.2. The Kier molecular flexibility index (Phi) is 6.41. The number of carbonyl (C=O) groups is 2. The number of hydrogen-bond acceptors (Lipinski definition) is 7. The molecule has 154 valence electrons. The van der Waals surface area contributed by atoms with E-state index in [1.807, 2.05) is 12.2 Å². The molecule has 3 aliphatic rings. The molecule has 4 unspecified atom stereocenters. The van der Waals surface area contributed by atoms with Gasteiger partial charge >= 0.3 is 0 Å². The van der Waals surface area contributed by atoms with Crippen LogP contribution in [-0.4, -0.2) is 54.3 Å². The number of fused-ring (bicyclic) bond motifs is 5. The topological polar surface area (TPSA) is 166 Å². The van der Waals surface area contributed by atoms with Gasteiger partial charge in [-0.2, -0.15) is 21.9 Å². The van der Waals surface area contributed by atoms with Crippen molar-refractivity contribution in [3.05, 3.63) is 42.5 Å². The summed E-state index contributed by atoms with van der Waals surface area (Å²) in [4.78, 5) is 22.7. The van der Waals surface area contributed by atoms with Gasteiger partial charge in [-0.25, -0.2) is 0 Å². The highest BCUT2D eigenvalue weighted by Crippen LogP contribution is 2.51. The van der Waals surface area contributed by atoms with Gasteiger partial charge in [0.15, 0.2) is 0 Å². The number of hydrogen-bond donors (Lipinski definition) is 3. The average molecular weight is 433 g/mol. The minimum atomic E-state index is -4.00. The molecule has 1 saturated carbocycles. The molecule has 2 fully saturated rings. The molecule has 4 rings (SSSR count). The largest absolute Gasteiger partial charge is 0.294 e. The smallest absolute Gasteiger partial charge is 0.286 e. The Labute approximate surface area is 161 Å². The first-order chi connectivity index (χ1) is 12.8. The number of hydroxylamine groups is 2. The molecule has 0 radical (unpaired) electrons. The van der Waals surface area contributed by atoms with Crippen molar-refractivity contribution in [2.45, 2.75) is 11.3 Å². The zero-order chi connectivity index (χ0) is 21.3. The Morgan fingerprint density at radius 1 is 0.893 bits per heavy atom. The van der Waals surface area contributed by atoms with Crippen LogP contribution in [0, 0.1) is 23.7 Å². The number of benzene rings is 1. The zero-order valence-electron chi connectivity index (χ0n) is 14.6. The molecule has 1 aliphatic heterocycles. The van der Waals surface area contributed by atoms with Gasteiger partial charge in [0.2, 0.25) is 0 Å². The molecule has 4 atom stereocenters. The summed E-state index contributed by atoms with van der Waals surface area (Å²) in [6.07, 6.45) is 5.61. The van der Waals surface area contributed by atoms with E-state index in [1.54, 1.807) is 18.2 Å². The van der Waals surface area contributed by atoms with Crippen LogP contribution in [0.2, 0.25) is 0 Å². The molecule has 0 aromatic heterocycles. The summed E-state index contributed by atoms with van der Waals surface area (Å²) in [5.74, 6) is -0.995. The second-order valence-corrected chi connectivity index (χ2v) is 9.40. The maximum atomic E-state index is 11.4. The lowest BCUT2D eigenvalue weighted by molar-refractivity contribution is -0.173. The summed E-state index contributed by atoms with van der Waals surface area (Å²) >= 11 is 0. The van der Waals surface area contributed by atoms with Crippen molar-refractivity contribution >= 4 is 32.1 Å². The van der Waals surface area contributed by atoms with Crippen LogP contribution in [-0.2, 0) is 29.8 Å². The van der Waals surface area contributed by atoms with Crippen LogP contribution in [0.4, 0.5) is 0 Å². The van der Waals surface area contributed by atoms with Crippen molar-refractivity contribution in [3.63, 3.8) is 0 Å².